The van der Waals surface area contributed by atoms with E-state index in [2.05, 4.69) is 0 Å². The number of aliphatic hydroxyl groups excluding tert-OH is 1. The van der Waals surface area contributed by atoms with Crippen LogP contribution in [0.5, 0.6) is 11.5 Å². The summed E-state index contributed by atoms with van der Waals surface area (Å²) in [6.07, 6.45) is 0. The van der Waals surface area contributed by atoms with Crippen LogP contribution < -0.4 is 14.4 Å². The molecule has 1 N–H and O–H groups in total. The monoisotopic (exact) mass is 493 g/mol. The van der Waals surface area contributed by atoms with Gasteiger partial charge in [0.25, 0.3) is 11.7 Å². The number of anilines is 1. The molecule has 1 saturated heterocycles. The summed E-state index contributed by atoms with van der Waals surface area (Å²) in [7, 11) is 3.08. The van der Waals surface area contributed by atoms with E-state index in [1.54, 1.807) is 37.4 Å². The van der Waals surface area contributed by atoms with Gasteiger partial charge in [0, 0.05) is 5.69 Å². The van der Waals surface area contributed by atoms with Gasteiger partial charge in [-0.1, -0.05) is 48.5 Å². The van der Waals surface area contributed by atoms with Crippen LogP contribution in [0, 0.1) is 13.8 Å². The fourth-order valence-electron chi connectivity index (χ4n) is 5.17. The lowest BCUT2D eigenvalue weighted by atomic mass is 9.90. The second-order valence-electron chi connectivity index (χ2n) is 9.10. The lowest BCUT2D eigenvalue weighted by Crippen LogP contribution is -2.29. The molecule has 6 nitrogen and oxygen atoms in total. The highest BCUT2D eigenvalue weighted by atomic mass is 16.5. The first-order valence-corrected chi connectivity index (χ1v) is 11.9. The quantitative estimate of drug-likeness (QED) is 0.207. The number of methoxy groups -OCH3 is 2. The number of hydrogen-bond acceptors (Lipinski definition) is 5. The largest absolute Gasteiger partial charge is 0.507 e. The molecule has 4 aromatic rings. The van der Waals surface area contributed by atoms with Gasteiger partial charge in [0.1, 0.15) is 17.3 Å². The van der Waals surface area contributed by atoms with Gasteiger partial charge in [-0.15, -0.1) is 0 Å². The van der Waals surface area contributed by atoms with Gasteiger partial charge in [-0.2, -0.15) is 0 Å². The minimum Gasteiger partial charge on any atom is -0.507 e. The van der Waals surface area contributed by atoms with Crippen molar-refractivity contribution >= 4 is 33.9 Å². The van der Waals surface area contributed by atoms with E-state index in [-0.39, 0.29) is 11.3 Å². The highest BCUT2D eigenvalue weighted by Crippen LogP contribution is 2.45. The summed E-state index contributed by atoms with van der Waals surface area (Å²) in [5, 5.41) is 13.5. The molecule has 0 aliphatic carbocycles. The Morgan fingerprint density at radius 1 is 0.865 bits per heavy atom. The maximum absolute atomic E-state index is 13.6. The molecule has 1 heterocycles. The molecule has 186 valence electrons. The average Bonchev–Trinajstić information content (AvgIpc) is 3.17. The first-order chi connectivity index (χ1) is 17.8. The van der Waals surface area contributed by atoms with Crippen LogP contribution >= 0.6 is 0 Å². The number of hydrogen-bond donors (Lipinski definition) is 1. The van der Waals surface area contributed by atoms with Crippen molar-refractivity contribution in [1.82, 2.24) is 0 Å². The highest BCUT2D eigenvalue weighted by molar-refractivity contribution is 6.52. The van der Waals surface area contributed by atoms with Crippen LogP contribution in [-0.2, 0) is 9.59 Å². The van der Waals surface area contributed by atoms with Gasteiger partial charge in [-0.05, 0) is 71.6 Å². The third-order valence-corrected chi connectivity index (χ3v) is 6.79. The molecule has 5 rings (SSSR count). The molecular formula is C31H27NO5. The fraction of sp³-hybridized carbons (Fsp3) is 0.161. The Morgan fingerprint density at radius 2 is 1.57 bits per heavy atom. The number of aliphatic hydroxyl groups is 1. The molecule has 0 spiro atoms. The molecular weight excluding hydrogens is 466 g/mol. The fourth-order valence-corrected chi connectivity index (χ4v) is 5.17. The second kappa shape index (κ2) is 9.47. The molecule has 37 heavy (non-hydrogen) atoms. The van der Waals surface area contributed by atoms with E-state index in [4.69, 9.17) is 9.47 Å². The van der Waals surface area contributed by atoms with Crippen LogP contribution in [0.3, 0.4) is 0 Å². The van der Waals surface area contributed by atoms with Crippen molar-refractivity contribution in [3.63, 3.8) is 0 Å². The van der Waals surface area contributed by atoms with Crippen LogP contribution in [0.25, 0.3) is 16.5 Å². The zero-order valence-corrected chi connectivity index (χ0v) is 21.1. The minimum absolute atomic E-state index is 0.0143. The molecule has 0 saturated carbocycles. The summed E-state index contributed by atoms with van der Waals surface area (Å²) < 4.78 is 10.9. The van der Waals surface area contributed by atoms with Crippen LogP contribution in [0.4, 0.5) is 5.69 Å². The molecule has 1 aliphatic heterocycles. The Kier molecular flexibility index (Phi) is 6.17. The van der Waals surface area contributed by atoms with Crippen molar-refractivity contribution in [2.75, 3.05) is 19.1 Å². The number of amides is 1. The first-order valence-electron chi connectivity index (χ1n) is 11.9. The van der Waals surface area contributed by atoms with Gasteiger partial charge in [-0.25, -0.2) is 0 Å². The maximum Gasteiger partial charge on any atom is 0.300 e. The number of fused-ring (bicyclic) bond motifs is 1. The Balaban J connectivity index is 1.83. The molecule has 1 fully saturated rings. The third-order valence-electron chi connectivity index (χ3n) is 6.79. The van der Waals surface area contributed by atoms with Gasteiger partial charge in [-0.3, -0.25) is 14.5 Å². The molecule has 6 heteroatoms. The topological polar surface area (TPSA) is 76.1 Å². The maximum atomic E-state index is 13.6. The summed E-state index contributed by atoms with van der Waals surface area (Å²) >= 11 is 0. The van der Waals surface area contributed by atoms with E-state index in [9.17, 15) is 14.7 Å². The Hall–Kier alpha value is -4.58. The standard InChI is InChI=1S/C31H27NO5/c1-18-16-19(2)30(37-4)25(17-18)28(33)26-27(24-11-7-9-20-8-5-6-10-23(20)24)32(31(35)29(26)34)21-12-14-22(36-3)15-13-21/h5-17,27,33H,1-4H3/b28-26+. The van der Waals surface area contributed by atoms with Crippen LogP contribution in [-0.4, -0.2) is 31.0 Å². The number of ketones is 1. The molecule has 1 amide bonds. The number of carbonyl (C=O) groups excluding carboxylic acids is 2. The summed E-state index contributed by atoms with van der Waals surface area (Å²) in [5.74, 6) is -0.658. The molecule has 0 radical (unpaired) electrons. The third kappa shape index (κ3) is 4.00. The number of nitrogens with zero attached hydrogens (tertiary/aromatic N) is 1. The van der Waals surface area contributed by atoms with E-state index in [1.165, 1.54) is 12.0 Å². The van der Waals surface area contributed by atoms with Gasteiger partial charge in [0.05, 0.1) is 31.4 Å². The predicted molar refractivity (Wildman–Crippen MR) is 144 cm³/mol. The van der Waals surface area contributed by atoms with Crippen LogP contribution in [0.1, 0.15) is 28.3 Å². The predicted octanol–water partition coefficient (Wildman–Crippen LogP) is 6.10. The average molecular weight is 494 g/mol. The number of carbonyl (C=O) groups is 2. The molecule has 0 bridgehead atoms. The summed E-state index contributed by atoms with van der Waals surface area (Å²) in [6.45, 7) is 3.78. The zero-order valence-electron chi connectivity index (χ0n) is 21.1. The number of benzene rings is 4. The van der Waals surface area contributed by atoms with E-state index in [1.807, 2.05) is 62.4 Å². The van der Waals surface area contributed by atoms with Gasteiger partial charge in [0.2, 0.25) is 0 Å². The lowest BCUT2D eigenvalue weighted by molar-refractivity contribution is -0.132. The minimum atomic E-state index is -0.856. The normalized spacial score (nSPS) is 16.9. The number of aryl methyl sites for hydroxylation is 2. The van der Waals surface area contributed by atoms with E-state index >= 15 is 0 Å². The van der Waals surface area contributed by atoms with Crippen molar-refractivity contribution in [2.45, 2.75) is 19.9 Å². The highest BCUT2D eigenvalue weighted by Gasteiger charge is 2.47. The SMILES string of the molecule is COc1ccc(N2C(=O)C(=O)/C(=C(/O)c3cc(C)cc(C)c3OC)C2c2cccc3ccccc23)cc1. The van der Waals surface area contributed by atoms with Gasteiger partial charge in [0.15, 0.2) is 0 Å². The van der Waals surface area contributed by atoms with Crippen molar-refractivity contribution in [3.8, 4) is 11.5 Å². The van der Waals surface area contributed by atoms with Crippen molar-refractivity contribution < 1.29 is 24.2 Å². The van der Waals surface area contributed by atoms with Crippen molar-refractivity contribution in [1.29, 1.82) is 0 Å². The summed E-state index contributed by atoms with van der Waals surface area (Å²) in [6, 6.07) is 23.3. The van der Waals surface area contributed by atoms with Crippen LogP contribution in [0.15, 0.2) is 84.4 Å². The van der Waals surface area contributed by atoms with Gasteiger partial charge < -0.3 is 14.6 Å². The van der Waals surface area contributed by atoms with Gasteiger partial charge >= 0.3 is 0 Å². The Morgan fingerprint density at radius 3 is 2.27 bits per heavy atom. The molecule has 1 unspecified atom stereocenters. The summed E-state index contributed by atoms with van der Waals surface area (Å²) in [5.41, 5.74) is 3.35. The van der Waals surface area contributed by atoms with Crippen LogP contribution in [0.2, 0.25) is 0 Å². The Bertz CT molecular complexity index is 1560. The molecule has 1 aliphatic rings. The summed E-state index contributed by atoms with van der Waals surface area (Å²) in [4.78, 5) is 28.7. The Labute approximate surface area is 215 Å². The van der Waals surface area contributed by atoms with E-state index in [0.717, 1.165) is 27.5 Å². The number of rotatable bonds is 5. The second-order valence-corrected chi connectivity index (χ2v) is 9.10. The molecule has 4 aromatic carbocycles. The number of ether oxygens (including phenoxy) is 2. The smallest absolute Gasteiger partial charge is 0.300 e. The first kappa shape index (κ1) is 24.1. The van der Waals surface area contributed by atoms with Crippen molar-refractivity contribution in [3.05, 3.63) is 107 Å². The molecule has 0 aromatic heterocycles. The number of Topliss-reactive ketones (excluding diaryl/α,β-unsaturated/α-hetero) is 1. The van der Waals surface area contributed by atoms with Crippen molar-refractivity contribution in [2.24, 2.45) is 0 Å². The van der Waals surface area contributed by atoms with E-state index in [0.29, 0.717) is 22.7 Å². The zero-order chi connectivity index (χ0) is 26.3. The molecule has 1 atom stereocenters. The van der Waals surface area contributed by atoms with E-state index < -0.39 is 17.7 Å². The lowest BCUT2D eigenvalue weighted by Gasteiger charge is -2.27.